The number of carbonyl (C=O) groups is 2. The standard InChI is InChI=1S/C12H18N2O3/c1-12(17)6-13(7-12)11(16)8-4-10(15)14(5-8)9-2-3-9/h8-9,17H,2-7H2,1H3. The molecule has 0 radical (unpaired) electrons. The fourth-order valence-corrected chi connectivity index (χ4v) is 2.83. The first-order valence-corrected chi connectivity index (χ1v) is 6.27. The molecular weight excluding hydrogens is 220 g/mol. The van der Waals surface area contributed by atoms with E-state index in [-0.39, 0.29) is 17.7 Å². The Kier molecular flexibility index (Phi) is 2.23. The molecule has 0 aromatic carbocycles. The van der Waals surface area contributed by atoms with Gasteiger partial charge in [-0.2, -0.15) is 0 Å². The lowest BCUT2D eigenvalue weighted by Crippen LogP contribution is -2.62. The van der Waals surface area contributed by atoms with Crippen molar-refractivity contribution in [3.8, 4) is 0 Å². The summed E-state index contributed by atoms with van der Waals surface area (Å²) in [5, 5.41) is 9.61. The quantitative estimate of drug-likeness (QED) is 0.711. The van der Waals surface area contributed by atoms with E-state index in [0.717, 1.165) is 12.8 Å². The Labute approximate surface area is 100 Å². The summed E-state index contributed by atoms with van der Waals surface area (Å²) in [6, 6.07) is 0.403. The highest BCUT2D eigenvalue weighted by Crippen LogP contribution is 2.34. The largest absolute Gasteiger partial charge is 0.386 e. The van der Waals surface area contributed by atoms with Crippen LogP contribution in [0.15, 0.2) is 0 Å². The molecule has 1 unspecified atom stereocenters. The molecule has 1 saturated carbocycles. The Morgan fingerprint density at radius 1 is 1.41 bits per heavy atom. The van der Waals surface area contributed by atoms with Gasteiger partial charge in [0.2, 0.25) is 11.8 Å². The van der Waals surface area contributed by atoms with Crippen LogP contribution in [-0.4, -0.2) is 58.0 Å². The summed E-state index contributed by atoms with van der Waals surface area (Å²) in [5.74, 6) is -0.0228. The Balaban J connectivity index is 1.59. The number of hydrogen-bond donors (Lipinski definition) is 1. The number of β-amino-alcohol motifs (C(OH)–C–C–N with tert-alkyl or cyclic N) is 1. The predicted octanol–water partition coefficient (Wildman–Crippen LogP) is -0.409. The van der Waals surface area contributed by atoms with E-state index in [0.29, 0.717) is 32.1 Å². The van der Waals surface area contributed by atoms with Gasteiger partial charge in [-0.1, -0.05) is 0 Å². The Morgan fingerprint density at radius 3 is 2.59 bits per heavy atom. The Hall–Kier alpha value is -1.10. The second kappa shape index (κ2) is 3.45. The van der Waals surface area contributed by atoms with Crippen LogP contribution in [0.4, 0.5) is 0 Å². The molecule has 2 amide bonds. The van der Waals surface area contributed by atoms with E-state index in [4.69, 9.17) is 0 Å². The normalized spacial score (nSPS) is 31.6. The second-order valence-corrected chi connectivity index (χ2v) is 5.87. The monoisotopic (exact) mass is 238 g/mol. The van der Waals surface area contributed by atoms with Crippen molar-refractivity contribution in [3.05, 3.63) is 0 Å². The molecule has 3 rings (SSSR count). The molecule has 1 atom stereocenters. The van der Waals surface area contributed by atoms with Crippen LogP contribution < -0.4 is 0 Å². The predicted molar refractivity (Wildman–Crippen MR) is 60.0 cm³/mol. The first-order chi connectivity index (χ1) is 7.96. The molecule has 3 aliphatic rings. The zero-order valence-electron chi connectivity index (χ0n) is 10.1. The van der Waals surface area contributed by atoms with Crippen LogP contribution in [0.5, 0.6) is 0 Å². The molecule has 0 aromatic heterocycles. The van der Waals surface area contributed by atoms with Crippen molar-refractivity contribution in [2.45, 2.75) is 37.8 Å². The molecule has 0 spiro atoms. The summed E-state index contributed by atoms with van der Waals surface area (Å²) in [6.45, 7) is 3.12. The minimum Gasteiger partial charge on any atom is -0.386 e. The zero-order chi connectivity index (χ0) is 12.2. The van der Waals surface area contributed by atoms with E-state index in [1.165, 1.54) is 0 Å². The molecule has 2 aliphatic heterocycles. The highest BCUT2D eigenvalue weighted by Gasteiger charge is 2.46. The van der Waals surface area contributed by atoms with Gasteiger partial charge < -0.3 is 14.9 Å². The molecule has 94 valence electrons. The minimum atomic E-state index is -0.728. The van der Waals surface area contributed by atoms with Crippen molar-refractivity contribution < 1.29 is 14.7 Å². The fourth-order valence-electron chi connectivity index (χ4n) is 2.83. The maximum Gasteiger partial charge on any atom is 0.228 e. The summed E-state index contributed by atoms with van der Waals surface area (Å²) in [5.41, 5.74) is -0.728. The van der Waals surface area contributed by atoms with Gasteiger partial charge in [0.05, 0.1) is 24.6 Å². The van der Waals surface area contributed by atoms with Crippen LogP contribution in [0.1, 0.15) is 26.2 Å². The van der Waals surface area contributed by atoms with Gasteiger partial charge >= 0.3 is 0 Å². The van der Waals surface area contributed by atoms with Gasteiger partial charge in [0.15, 0.2) is 0 Å². The topological polar surface area (TPSA) is 60.9 Å². The second-order valence-electron chi connectivity index (χ2n) is 5.87. The minimum absolute atomic E-state index is 0.0352. The van der Waals surface area contributed by atoms with Crippen LogP contribution in [-0.2, 0) is 9.59 Å². The third-order valence-electron chi connectivity index (χ3n) is 3.87. The first kappa shape index (κ1) is 11.0. The molecule has 3 fully saturated rings. The number of aliphatic hydroxyl groups is 1. The number of rotatable bonds is 2. The van der Waals surface area contributed by atoms with Gasteiger partial charge in [0.1, 0.15) is 0 Å². The smallest absolute Gasteiger partial charge is 0.228 e. The molecule has 0 aromatic rings. The SMILES string of the molecule is CC1(O)CN(C(=O)C2CC(=O)N(C3CC3)C2)C1. The molecule has 0 bridgehead atoms. The zero-order valence-corrected chi connectivity index (χ0v) is 10.1. The third kappa shape index (κ3) is 1.92. The Morgan fingerprint density at radius 2 is 2.06 bits per heavy atom. The average molecular weight is 238 g/mol. The van der Waals surface area contributed by atoms with E-state index >= 15 is 0 Å². The van der Waals surface area contributed by atoms with Crippen molar-refractivity contribution >= 4 is 11.8 Å². The molecule has 17 heavy (non-hydrogen) atoms. The lowest BCUT2D eigenvalue weighted by molar-refractivity contribution is -0.156. The Bertz CT molecular complexity index is 368. The van der Waals surface area contributed by atoms with Crippen LogP contribution in [0.2, 0.25) is 0 Å². The van der Waals surface area contributed by atoms with Gasteiger partial charge in [0, 0.05) is 19.0 Å². The van der Waals surface area contributed by atoms with Crippen LogP contribution >= 0.6 is 0 Å². The van der Waals surface area contributed by atoms with Gasteiger partial charge in [-0.15, -0.1) is 0 Å². The molecule has 2 heterocycles. The number of nitrogens with zero attached hydrogens (tertiary/aromatic N) is 2. The summed E-state index contributed by atoms with van der Waals surface area (Å²) >= 11 is 0. The van der Waals surface area contributed by atoms with Crippen molar-refractivity contribution in [1.29, 1.82) is 0 Å². The highest BCUT2D eigenvalue weighted by atomic mass is 16.3. The lowest BCUT2D eigenvalue weighted by Gasteiger charge is -2.45. The van der Waals surface area contributed by atoms with E-state index in [2.05, 4.69) is 0 Å². The molecular formula is C12H18N2O3. The number of likely N-dealkylation sites (tertiary alicyclic amines) is 2. The summed E-state index contributed by atoms with van der Waals surface area (Å²) in [4.78, 5) is 27.3. The van der Waals surface area contributed by atoms with E-state index < -0.39 is 5.60 Å². The highest BCUT2D eigenvalue weighted by molar-refractivity contribution is 5.90. The number of amides is 2. The fraction of sp³-hybridized carbons (Fsp3) is 0.833. The van der Waals surface area contributed by atoms with Crippen LogP contribution in [0.3, 0.4) is 0 Å². The van der Waals surface area contributed by atoms with Crippen molar-refractivity contribution in [1.82, 2.24) is 9.80 Å². The maximum absolute atomic E-state index is 12.1. The molecule has 2 saturated heterocycles. The van der Waals surface area contributed by atoms with Gasteiger partial charge in [-0.3, -0.25) is 9.59 Å². The van der Waals surface area contributed by atoms with Crippen molar-refractivity contribution in [3.63, 3.8) is 0 Å². The van der Waals surface area contributed by atoms with E-state index in [1.54, 1.807) is 11.8 Å². The van der Waals surface area contributed by atoms with Crippen LogP contribution in [0, 0.1) is 5.92 Å². The van der Waals surface area contributed by atoms with Gasteiger partial charge in [0.25, 0.3) is 0 Å². The third-order valence-corrected chi connectivity index (χ3v) is 3.87. The van der Waals surface area contributed by atoms with Crippen molar-refractivity contribution in [2.24, 2.45) is 5.92 Å². The van der Waals surface area contributed by atoms with Gasteiger partial charge in [-0.05, 0) is 19.8 Å². The molecule has 5 heteroatoms. The molecule has 1 aliphatic carbocycles. The summed E-state index contributed by atoms with van der Waals surface area (Å²) in [7, 11) is 0. The summed E-state index contributed by atoms with van der Waals surface area (Å²) in [6.07, 6.45) is 2.53. The molecule has 1 N–H and O–H groups in total. The number of hydrogen-bond acceptors (Lipinski definition) is 3. The van der Waals surface area contributed by atoms with E-state index in [9.17, 15) is 14.7 Å². The maximum atomic E-state index is 12.1. The number of carbonyl (C=O) groups excluding carboxylic acids is 2. The summed E-state index contributed by atoms with van der Waals surface area (Å²) < 4.78 is 0. The average Bonchev–Trinajstić information content (AvgIpc) is 2.98. The van der Waals surface area contributed by atoms with E-state index in [1.807, 2.05) is 4.90 Å². The van der Waals surface area contributed by atoms with Gasteiger partial charge in [-0.25, -0.2) is 0 Å². The molecule has 5 nitrogen and oxygen atoms in total. The first-order valence-electron chi connectivity index (χ1n) is 6.27. The van der Waals surface area contributed by atoms with Crippen LogP contribution in [0.25, 0.3) is 0 Å². The van der Waals surface area contributed by atoms with Crippen molar-refractivity contribution in [2.75, 3.05) is 19.6 Å². The lowest BCUT2D eigenvalue weighted by atomic mass is 9.94.